The molecule has 1 aliphatic carbocycles. The first-order valence-corrected chi connectivity index (χ1v) is 8.03. The van der Waals surface area contributed by atoms with E-state index in [1.165, 1.54) is 23.5 Å². The average Bonchev–Trinajstić information content (AvgIpc) is 2.76. The average molecular weight is 307 g/mol. The van der Waals surface area contributed by atoms with Gasteiger partial charge in [-0.15, -0.1) is 0 Å². The van der Waals surface area contributed by atoms with Gasteiger partial charge in [0, 0.05) is 24.8 Å². The summed E-state index contributed by atoms with van der Waals surface area (Å²) in [5.74, 6) is 0. The monoisotopic (exact) mass is 307 g/mol. The number of hydrogen-bond donors (Lipinski definition) is 3. The minimum Gasteiger partial charge on any atom is -0.389 e. The first-order valence-electron chi connectivity index (χ1n) is 8.03. The second kappa shape index (κ2) is 8.58. The van der Waals surface area contributed by atoms with Crippen LogP contribution in [0.2, 0.25) is 0 Å². The van der Waals surface area contributed by atoms with Crippen LogP contribution in [0.25, 0.3) is 0 Å². The van der Waals surface area contributed by atoms with Crippen LogP contribution in [0.5, 0.6) is 0 Å². The summed E-state index contributed by atoms with van der Waals surface area (Å²) in [5, 5.41) is 15.6. The molecule has 122 valence electrons. The molecular weight excluding hydrogens is 282 g/mol. The van der Waals surface area contributed by atoms with Crippen molar-refractivity contribution in [1.29, 1.82) is 0 Å². The summed E-state index contributed by atoms with van der Waals surface area (Å²) >= 11 is 0. The lowest BCUT2D eigenvalue weighted by Gasteiger charge is -2.18. The van der Waals surface area contributed by atoms with Gasteiger partial charge in [0.15, 0.2) is 0 Å². The SMILES string of the molecule is O=C(NCC(O)Cn1ccccc1=O)NC1CCCCCC1. The molecular formula is C16H25N3O3. The van der Waals surface area contributed by atoms with E-state index in [1.807, 2.05) is 0 Å². The van der Waals surface area contributed by atoms with Crippen LogP contribution in [0.3, 0.4) is 0 Å². The standard InChI is InChI=1S/C16H25N3O3/c20-14(12-19-10-6-5-9-15(19)21)11-17-16(22)18-13-7-3-1-2-4-8-13/h5-6,9-10,13-14,20H,1-4,7-8,11-12H2,(H2,17,18,22). The number of aromatic nitrogens is 1. The highest BCUT2D eigenvalue weighted by molar-refractivity contribution is 5.74. The molecule has 1 heterocycles. The van der Waals surface area contributed by atoms with E-state index >= 15 is 0 Å². The number of nitrogens with zero attached hydrogens (tertiary/aromatic N) is 1. The van der Waals surface area contributed by atoms with Crippen LogP contribution < -0.4 is 16.2 Å². The smallest absolute Gasteiger partial charge is 0.315 e. The van der Waals surface area contributed by atoms with Gasteiger partial charge in [0.25, 0.3) is 5.56 Å². The summed E-state index contributed by atoms with van der Waals surface area (Å²) in [5.41, 5.74) is -0.163. The Morgan fingerprint density at radius 1 is 1.27 bits per heavy atom. The zero-order valence-corrected chi connectivity index (χ0v) is 12.8. The lowest BCUT2D eigenvalue weighted by molar-refractivity contribution is 0.150. The summed E-state index contributed by atoms with van der Waals surface area (Å²) in [4.78, 5) is 23.4. The van der Waals surface area contributed by atoms with Gasteiger partial charge in [-0.25, -0.2) is 4.79 Å². The van der Waals surface area contributed by atoms with Crippen molar-refractivity contribution in [3.8, 4) is 0 Å². The van der Waals surface area contributed by atoms with E-state index in [0.717, 1.165) is 25.7 Å². The Hall–Kier alpha value is -1.82. The Balaban J connectivity index is 1.71. The van der Waals surface area contributed by atoms with Crippen LogP contribution in [0.4, 0.5) is 4.79 Å². The van der Waals surface area contributed by atoms with E-state index in [4.69, 9.17) is 0 Å². The summed E-state index contributed by atoms with van der Waals surface area (Å²) in [6.45, 7) is 0.295. The molecule has 1 aromatic heterocycles. The highest BCUT2D eigenvalue weighted by atomic mass is 16.3. The van der Waals surface area contributed by atoms with Crippen molar-refractivity contribution in [3.63, 3.8) is 0 Å². The van der Waals surface area contributed by atoms with Crippen molar-refractivity contribution in [2.45, 2.75) is 57.2 Å². The molecule has 3 N–H and O–H groups in total. The van der Waals surface area contributed by atoms with Gasteiger partial charge in [0.2, 0.25) is 0 Å². The van der Waals surface area contributed by atoms with Gasteiger partial charge in [-0.2, -0.15) is 0 Å². The van der Waals surface area contributed by atoms with E-state index in [2.05, 4.69) is 10.6 Å². The molecule has 1 atom stereocenters. The second-order valence-electron chi connectivity index (χ2n) is 5.89. The Bertz CT molecular complexity index is 521. The molecule has 22 heavy (non-hydrogen) atoms. The molecule has 2 rings (SSSR count). The fourth-order valence-electron chi connectivity index (χ4n) is 2.77. The maximum atomic E-state index is 11.8. The van der Waals surface area contributed by atoms with Gasteiger partial charge in [0.1, 0.15) is 0 Å². The van der Waals surface area contributed by atoms with E-state index < -0.39 is 6.10 Å². The molecule has 1 saturated carbocycles. The van der Waals surface area contributed by atoms with E-state index in [-0.39, 0.29) is 30.7 Å². The topological polar surface area (TPSA) is 83.4 Å². The molecule has 0 saturated heterocycles. The predicted octanol–water partition coefficient (Wildman–Crippen LogP) is 1.23. The van der Waals surface area contributed by atoms with Crippen molar-refractivity contribution in [1.82, 2.24) is 15.2 Å². The highest BCUT2D eigenvalue weighted by Crippen LogP contribution is 2.16. The Morgan fingerprint density at radius 3 is 2.68 bits per heavy atom. The molecule has 1 unspecified atom stereocenters. The maximum Gasteiger partial charge on any atom is 0.315 e. The van der Waals surface area contributed by atoms with Gasteiger partial charge < -0.3 is 20.3 Å². The third-order valence-corrected chi connectivity index (χ3v) is 4.00. The molecule has 1 fully saturated rings. The van der Waals surface area contributed by atoms with Crippen LogP contribution in [0.15, 0.2) is 29.2 Å². The number of carbonyl (C=O) groups excluding carboxylic acids is 1. The largest absolute Gasteiger partial charge is 0.389 e. The third-order valence-electron chi connectivity index (χ3n) is 4.00. The Kier molecular flexibility index (Phi) is 6.45. The van der Waals surface area contributed by atoms with Crippen molar-refractivity contribution in [2.75, 3.05) is 6.54 Å². The zero-order valence-electron chi connectivity index (χ0n) is 12.8. The van der Waals surface area contributed by atoms with Gasteiger partial charge in [-0.05, 0) is 18.9 Å². The van der Waals surface area contributed by atoms with Gasteiger partial charge in [0.05, 0.1) is 12.6 Å². The quantitative estimate of drug-likeness (QED) is 0.716. The molecule has 0 bridgehead atoms. The van der Waals surface area contributed by atoms with E-state index in [0.29, 0.717) is 0 Å². The van der Waals surface area contributed by atoms with Crippen LogP contribution in [-0.2, 0) is 6.54 Å². The summed E-state index contributed by atoms with van der Waals surface area (Å²) in [6, 6.07) is 4.82. The first kappa shape index (κ1) is 16.5. The highest BCUT2D eigenvalue weighted by Gasteiger charge is 2.15. The third kappa shape index (κ3) is 5.52. The minimum absolute atomic E-state index is 0.125. The molecule has 0 radical (unpaired) electrons. The molecule has 6 nitrogen and oxygen atoms in total. The number of aliphatic hydroxyl groups is 1. The molecule has 0 spiro atoms. The maximum absolute atomic E-state index is 11.8. The number of amides is 2. The van der Waals surface area contributed by atoms with Gasteiger partial charge in [-0.1, -0.05) is 31.7 Å². The molecule has 6 heteroatoms. The second-order valence-corrected chi connectivity index (χ2v) is 5.89. The van der Waals surface area contributed by atoms with E-state index in [9.17, 15) is 14.7 Å². The summed E-state index contributed by atoms with van der Waals surface area (Å²) in [7, 11) is 0. The van der Waals surface area contributed by atoms with Crippen LogP contribution in [0.1, 0.15) is 38.5 Å². The number of carbonyl (C=O) groups is 1. The van der Waals surface area contributed by atoms with Gasteiger partial charge >= 0.3 is 6.03 Å². The number of nitrogens with one attached hydrogen (secondary N) is 2. The molecule has 0 aromatic carbocycles. The first-order chi connectivity index (χ1) is 10.6. The lowest BCUT2D eigenvalue weighted by Crippen LogP contribution is -2.45. The number of hydrogen-bond acceptors (Lipinski definition) is 3. The molecule has 1 aliphatic rings. The normalized spacial score (nSPS) is 17.5. The van der Waals surface area contributed by atoms with Crippen molar-refractivity contribution in [2.24, 2.45) is 0 Å². The summed E-state index contributed by atoms with van der Waals surface area (Å²) < 4.78 is 1.43. The zero-order chi connectivity index (χ0) is 15.8. The van der Waals surface area contributed by atoms with E-state index in [1.54, 1.807) is 18.3 Å². The van der Waals surface area contributed by atoms with Crippen molar-refractivity contribution in [3.05, 3.63) is 34.7 Å². The minimum atomic E-state index is -0.792. The number of aliphatic hydroxyl groups excluding tert-OH is 1. The van der Waals surface area contributed by atoms with Gasteiger partial charge in [-0.3, -0.25) is 4.79 Å². The number of urea groups is 1. The Labute approximate surface area is 130 Å². The van der Waals surface area contributed by atoms with Crippen molar-refractivity contribution < 1.29 is 9.90 Å². The Morgan fingerprint density at radius 2 is 2.00 bits per heavy atom. The van der Waals surface area contributed by atoms with Crippen LogP contribution in [0, 0.1) is 0 Å². The number of pyridine rings is 1. The summed E-state index contributed by atoms with van der Waals surface area (Å²) in [6.07, 6.45) is 7.67. The molecule has 2 amide bonds. The predicted molar refractivity (Wildman–Crippen MR) is 84.7 cm³/mol. The molecule has 1 aromatic rings. The fourth-order valence-corrected chi connectivity index (χ4v) is 2.77. The molecule has 0 aliphatic heterocycles. The fraction of sp³-hybridized carbons (Fsp3) is 0.625. The van der Waals surface area contributed by atoms with Crippen LogP contribution in [-0.4, -0.2) is 34.4 Å². The van der Waals surface area contributed by atoms with Crippen LogP contribution >= 0.6 is 0 Å². The van der Waals surface area contributed by atoms with Crippen molar-refractivity contribution >= 4 is 6.03 Å². The number of rotatable bonds is 5. The lowest BCUT2D eigenvalue weighted by atomic mass is 10.1.